The number of nitrogens with zero attached hydrogens (tertiary/aromatic N) is 2. The Hall–Kier alpha value is -10.4. The Balaban J connectivity index is 1.36. The van der Waals surface area contributed by atoms with Gasteiger partial charge in [-0.1, -0.05) is 71.9 Å². The fraction of sp³-hybridized carbons (Fsp3) is 0.579. The molecule has 1 fully saturated rings. The number of carbonyl (C=O) groups excluding carboxylic acids is 14. The third-order valence-corrected chi connectivity index (χ3v) is 19.7. The number of anilines is 1. The molecule has 0 radical (unpaired) electrons. The van der Waals surface area contributed by atoms with Crippen LogP contribution in [0.15, 0.2) is 48.5 Å². The number of aryl methyl sites for hydroxylation is 1. The van der Waals surface area contributed by atoms with Crippen molar-refractivity contribution in [3.63, 3.8) is 0 Å². The van der Waals surface area contributed by atoms with Gasteiger partial charge in [0.05, 0.1) is 34.9 Å². The minimum Gasteiger partial charge on any atom is -0.444 e. The van der Waals surface area contributed by atoms with E-state index in [4.69, 9.17) is 33.4 Å². The van der Waals surface area contributed by atoms with E-state index in [1.54, 1.807) is 58.0 Å². The average molecular weight is 1600 g/mol. The van der Waals surface area contributed by atoms with Gasteiger partial charge >= 0.3 is 5.97 Å². The van der Waals surface area contributed by atoms with Crippen molar-refractivity contribution in [2.24, 2.45) is 46.4 Å². The summed E-state index contributed by atoms with van der Waals surface area (Å²) in [4.78, 5) is 205. The number of hydrogen-bond acceptors (Lipinski definition) is 23. The molecule has 630 valence electrons. The second-order valence-electron chi connectivity index (χ2n) is 28.8. The first kappa shape index (κ1) is 94.2. The largest absolute Gasteiger partial charge is 0.444 e. The van der Waals surface area contributed by atoms with Gasteiger partial charge in [-0.15, -0.1) is 0 Å². The monoisotopic (exact) mass is 1600 g/mol. The summed E-state index contributed by atoms with van der Waals surface area (Å²) in [7, 11) is 0. The SMILES string of the molecule is CCN(CC)CCNC(=O)c1c(C)[nH]c(/C=C2\C(=O)N(COC(=O)C(C)C(C)C(=O)NC(CCN)C(=O)N[C@H](C(=O)N[C@H](CCN)C(=O)N[C@H]3CCNC(=O)[C@@H]([C@@H](C)O)NC(=O)[C@@H](CCN)NC(=O)[C@@H](CCN)NC(=O)[C@@H](CC(C)C)NC(=O)[C@@H](Cc4ccccc4)NC(=O)[C@@H](CCN)NC3=O)[C@@H](C)O)c3ccc(F)cc32)c1C. The zero-order chi connectivity index (χ0) is 84.8. The molecule has 2 aliphatic rings. The van der Waals surface area contributed by atoms with Gasteiger partial charge in [0.1, 0.15) is 66.2 Å². The molecule has 37 nitrogen and oxygen atoms in total. The highest BCUT2D eigenvalue weighted by atomic mass is 19.1. The van der Waals surface area contributed by atoms with Gasteiger partial charge < -0.3 is 117 Å². The van der Waals surface area contributed by atoms with E-state index < -0.39 is 187 Å². The Labute approximate surface area is 662 Å². The number of halogens is 1. The molecule has 3 aromatic rings. The van der Waals surface area contributed by atoms with Crippen molar-refractivity contribution in [3.8, 4) is 0 Å². The van der Waals surface area contributed by atoms with Gasteiger partial charge in [-0.05, 0) is 160 Å². The molecule has 2 aromatic carbocycles. The van der Waals surface area contributed by atoms with Gasteiger partial charge in [-0.2, -0.15) is 0 Å². The van der Waals surface area contributed by atoms with E-state index in [1.807, 2.05) is 13.8 Å². The van der Waals surface area contributed by atoms with Gasteiger partial charge in [-0.25, -0.2) is 4.39 Å². The first-order valence-corrected chi connectivity index (χ1v) is 38.5. The molecule has 25 N–H and O–H groups in total. The Morgan fingerprint density at radius 3 is 1.73 bits per heavy atom. The summed E-state index contributed by atoms with van der Waals surface area (Å²) in [6.07, 6.45) is -3.87. The lowest BCUT2D eigenvalue weighted by Crippen LogP contribution is -2.62. The molecule has 2 aliphatic heterocycles. The Morgan fingerprint density at radius 2 is 1.18 bits per heavy atom. The van der Waals surface area contributed by atoms with Crippen LogP contribution in [0.5, 0.6) is 0 Å². The van der Waals surface area contributed by atoms with Crippen molar-refractivity contribution in [1.29, 1.82) is 0 Å². The molecular formula is C76H117FN20O17. The van der Waals surface area contributed by atoms with Crippen LogP contribution < -0.4 is 97.4 Å². The van der Waals surface area contributed by atoms with Crippen molar-refractivity contribution in [2.75, 3.05) is 77.1 Å². The lowest BCUT2D eigenvalue weighted by molar-refractivity contribution is -0.152. The minimum atomic E-state index is -1.90. The summed E-state index contributed by atoms with van der Waals surface area (Å²) in [6, 6.07) is -3.81. The molecule has 3 heterocycles. The standard InChI is InChI=1S/C76H117FN20O17/c1-11-96(12-2)33-32-84-72(109)60-42(7)56(85-43(60)8)37-49-48-36-47(77)18-19-59(48)97(75(49)112)38-114-76(113)41(6)40(5)63(100)86-53(23-29-81)68(105)95-62(45(10)99)74(111)91-52(22-28-80)65(102)90-55-25-31-83-73(110)61(44(9)98)94-69(106)54(24-30-82)88-64(101)50(20-26-78)89-70(107)57(34-39(3)4)92-71(108)58(35-46-16-14-13-15-17-46)93-66(103)51(21-27-79)87-67(55)104/h13-19,36-37,39-41,44-45,50-55,57-58,61-62,85,98-99H,11-12,20-35,38,78-82H2,1-10H3,(H,83,110)(H,84,109)(H,86,100)(H,87,104)(H,88,101)(H,89,107)(H,90,102)(H,91,111)(H,92,108)(H,93,103)(H,94,106)(H,95,105)/b49-37-/t40?,41?,44-,45-,50-,51-,52-,53?,54-,55+,57-,58-,61-,62+/m1/s1. The van der Waals surface area contributed by atoms with Crippen molar-refractivity contribution in [3.05, 3.63) is 88.0 Å². The number of benzene rings is 2. The number of rotatable bonds is 35. The van der Waals surface area contributed by atoms with Crippen LogP contribution >= 0.6 is 0 Å². The molecular weight excluding hydrogens is 1480 g/mol. The maximum atomic E-state index is 14.9. The number of aromatic nitrogens is 1. The zero-order valence-electron chi connectivity index (χ0n) is 66.5. The fourth-order valence-electron chi connectivity index (χ4n) is 12.8. The highest BCUT2D eigenvalue weighted by Crippen LogP contribution is 2.39. The summed E-state index contributed by atoms with van der Waals surface area (Å²) in [5, 5.41) is 52.7. The first-order valence-electron chi connectivity index (χ1n) is 38.5. The van der Waals surface area contributed by atoms with E-state index in [0.717, 1.165) is 37.0 Å². The molecule has 14 atom stereocenters. The highest BCUT2D eigenvalue weighted by molar-refractivity contribution is 6.36. The normalized spacial score (nSPS) is 21.2. The first-order chi connectivity index (χ1) is 54.1. The van der Waals surface area contributed by atoms with Gasteiger partial charge in [0.25, 0.3) is 11.8 Å². The number of fused-ring (bicyclic) bond motifs is 1. The van der Waals surface area contributed by atoms with Gasteiger partial charge in [0.15, 0.2) is 6.73 Å². The molecule has 38 heteroatoms. The average Bonchev–Trinajstić information content (AvgIpc) is 1.61. The zero-order valence-corrected chi connectivity index (χ0v) is 66.5. The number of carbonyl (C=O) groups is 14. The van der Waals surface area contributed by atoms with E-state index in [-0.39, 0.29) is 106 Å². The molecule has 0 saturated carbocycles. The molecule has 5 rings (SSSR count). The number of aromatic amines is 1. The number of aliphatic hydroxyl groups excluding tert-OH is 2. The second-order valence-corrected chi connectivity index (χ2v) is 28.8. The number of H-pyrrole nitrogens is 1. The molecule has 0 bridgehead atoms. The van der Waals surface area contributed by atoms with Crippen molar-refractivity contribution in [1.82, 2.24) is 73.7 Å². The third kappa shape index (κ3) is 27.2. The third-order valence-electron chi connectivity index (χ3n) is 19.7. The number of likely N-dealkylation sites (N-methyl/N-ethyl adjacent to an activating group) is 1. The van der Waals surface area contributed by atoms with Crippen LogP contribution in [0.4, 0.5) is 10.1 Å². The number of aliphatic hydroxyl groups is 2. The number of nitrogens with two attached hydrogens (primary N) is 5. The lowest BCUT2D eigenvalue weighted by Gasteiger charge is -2.29. The summed E-state index contributed by atoms with van der Waals surface area (Å²) in [5.74, 6) is -16.3. The van der Waals surface area contributed by atoms with Gasteiger partial charge in [0, 0.05) is 48.9 Å². The Bertz CT molecular complexity index is 3880. The quantitative estimate of drug-likeness (QED) is 0.0196. The van der Waals surface area contributed by atoms with Crippen LogP contribution in [0.25, 0.3) is 11.6 Å². The van der Waals surface area contributed by atoms with E-state index in [9.17, 15) is 81.7 Å². The summed E-state index contributed by atoms with van der Waals surface area (Å²) in [5.41, 5.74) is 32.4. The molecule has 0 aliphatic carbocycles. The van der Waals surface area contributed by atoms with Crippen LogP contribution in [-0.2, 0) is 73.5 Å². The van der Waals surface area contributed by atoms with Crippen LogP contribution in [0, 0.1) is 37.4 Å². The molecule has 13 amide bonds. The minimum absolute atomic E-state index is 0.00957. The highest BCUT2D eigenvalue weighted by Gasteiger charge is 2.41. The van der Waals surface area contributed by atoms with Crippen molar-refractivity contribution < 1.29 is 86.5 Å². The summed E-state index contributed by atoms with van der Waals surface area (Å²) >= 11 is 0. The van der Waals surface area contributed by atoms with Crippen LogP contribution in [0.1, 0.15) is 139 Å². The van der Waals surface area contributed by atoms with E-state index >= 15 is 0 Å². The number of nitrogens with one attached hydrogen (secondary N) is 13. The van der Waals surface area contributed by atoms with E-state index in [1.165, 1.54) is 32.9 Å². The molecule has 0 spiro atoms. The lowest BCUT2D eigenvalue weighted by atomic mass is 9.94. The topological polar surface area (TPSA) is 585 Å². The molecule has 1 aromatic heterocycles. The Kier molecular flexibility index (Phi) is 38.1. The maximum Gasteiger partial charge on any atom is 0.311 e. The second kappa shape index (κ2) is 46.1. The van der Waals surface area contributed by atoms with Gasteiger partial charge in [0.2, 0.25) is 65.0 Å². The molecule has 1 saturated heterocycles. The Morgan fingerprint density at radius 1 is 0.640 bits per heavy atom. The predicted molar refractivity (Wildman–Crippen MR) is 420 cm³/mol. The van der Waals surface area contributed by atoms with Crippen LogP contribution in [0.2, 0.25) is 0 Å². The smallest absolute Gasteiger partial charge is 0.311 e. The van der Waals surface area contributed by atoms with Crippen molar-refractivity contribution in [2.45, 2.75) is 193 Å². The maximum absolute atomic E-state index is 14.9. The molecule has 3 unspecified atom stereocenters. The summed E-state index contributed by atoms with van der Waals surface area (Å²) in [6.45, 7) is 16.3. The number of esters is 1. The fourth-order valence-corrected chi connectivity index (χ4v) is 12.8. The van der Waals surface area contributed by atoms with Gasteiger partial charge in [-0.3, -0.25) is 72.0 Å². The predicted octanol–water partition coefficient (Wildman–Crippen LogP) is -4.34. The van der Waals surface area contributed by atoms with Crippen LogP contribution in [-0.4, -0.2) is 248 Å². The molecule has 114 heavy (non-hydrogen) atoms. The number of amides is 13. The number of hydrogen-bond donors (Lipinski definition) is 20. The van der Waals surface area contributed by atoms with E-state index in [0.29, 0.717) is 41.2 Å². The van der Waals surface area contributed by atoms with E-state index in [2.05, 4.69) is 73.7 Å². The summed E-state index contributed by atoms with van der Waals surface area (Å²) < 4.78 is 20.5. The number of ether oxygens (including phenoxy) is 1. The van der Waals surface area contributed by atoms with Crippen molar-refractivity contribution >= 4 is 100 Å². The van der Waals surface area contributed by atoms with Crippen LogP contribution in [0.3, 0.4) is 0 Å².